The highest BCUT2D eigenvalue weighted by atomic mass is 19.1. The summed E-state index contributed by atoms with van der Waals surface area (Å²) < 4.78 is 12.6. The van der Waals surface area contributed by atoms with E-state index in [0.29, 0.717) is 0 Å². The summed E-state index contributed by atoms with van der Waals surface area (Å²) in [5.41, 5.74) is -1.29. The molecule has 0 aliphatic carbocycles. The molecule has 6 heteroatoms. The molecule has 1 unspecified atom stereocenters. The Balaban J connectivity index is 2.55. The van der Waals surface area contributed by atoms with E-state index in [2.05, 4.69) is 5.32 Å². The summed E-state index contributed by atoms with van der Waals surface area (Å²) in [6.07, 6.45) is -0.475. The van der Waals surface area contributed by atoms with Crippen LogP contribution in [-0.4, -0.2) is 34.2 Å². The summed E-state index contributed by atoms with van der Waals surface area (Å²) >= 11 is 0. The van der Waals surface area contributed by atoms with Crippen molar-refractivity contribution in [2.45, 2.75) is 18.9 Å². The van der Waals surface area contributed by atoms with Gasteiger partial charge in [-0.2, -0.15) is 0 Å². The largest absolute Gasteiger partial charge is 0.481 e. The Bertz CT molecular complexity index is 442. The quantitative estimate of drug-likeness (QED) is 0.725. The number of aliphatic hydroxyl groups is 1. The van der Waals surface area contributed by atoms with Crippen molar-refractivity contribution in [1.29, 1.82) is 0 Å². The van der Waals surface area contributed by atoms with E-state index in [1.54, 1.807) is 0 Å². The molecule has 0 bridgehead atoms. The van der Waals surface area contributed by atoms with Crippen LogP contribution in [0.3, 0.4) is 0 Å². The molecule has 98 valence electrons. The van der Waals surface area contributed by atoms with E-state index in [1.807, 2.05) is 0 Å². The fourth-order valence-electron chi connectivity index (χ4n) is 1.36. The maximum atomic E-state index is 12.6. The molecule has 1 rings (SSSR count). The highest BCUT2D eigenvalue weighted by Gasteiger charge is 2.24. The molecule has 0 saturated heterocycles. The third-order valence-electron chi connectivity index (χ3n) is 2.27. The van der Waals surface area contributed by atoms with Crippen LogP contribution in [0.1, 0.15) is 23.7 Å². The second-order valence-corrected chi connectivity index (χ2v) is 4.26. The summed E-state index contributed by atoms with van der Waals surface area (Å²) in [6, 6.07) is 4.89. The number of carboxylic acids is 1. The SMILES string of the molecule is CC(O)(CNC(=O)c1ccc(F)cc1)CC(=O)O. The lowest BCUT2D eigenvalue weighted by Crippen LogP contribution is -2.42. The number of hydrogen-bond donors (Lipinski definition) is 3. The predicted octanol–water partition coefficient (Wildman–Crippen LogP) is 0.781. The molecule has 18 heavy (non-hydrogen) atoms. The second-order valence-electron chi connectivity index (χ2n) is 4.26. The Morgan fingerprint density at radius 3 is 2.39 bits per heavy atom. The maximum absolute atomic E-state index is 12.6. The van der Waals surface area contributed by atoms with Gasteiger partial charge in [0.2, 0.25) is 0 Å². The maximum Gasteiger partial charge on any atom is 0.306 e. The normalized spacial score (nSPS) is 13.7. The summed E-state index contributed by atoms with van der Waals surface area (Å²) in [5.74, 6) is -2.11. The number of hydrogen-bond acceptors (Lipinski definition) is 3. The van der Waals surface area contributed by atoms with Gasteiger partial charge < -0.3 is 15.5 Å². The van der Waals surface area contributed by atoms with Crippen LogP contribution in [-0.2, 0) is 4.79 Å². The molecule has 1 aromatic rings. The van der Waals surface area contributed by atoms with Gasteiger partial charge in [-0.25, -0.2) is 4.39 Å². The highest BCUT2D eigenvalue weighted by Crippen LogP contribution is 2.08. The second kappa shape index (κ2) is 5.59. The first-order valence-corrected chi connectivity index (χ1v) is 5.28. The number of halogens is 1. The Morgan fingerprint density at radius 2 is 1.89 bits per heavy atom. The first-order valence-electron chi connectivity index (χ1n) is 5.28. The van der Waals surface area contributed by atoms with Gasteiger partial charge in [0.05, 0.1) is 12.0 Å². The van der Waals surface area contributed by atoms with Gasteiger partial charge in [0.25, 0.3) is 5.91 Å². The Hall–Kier alpha value is -1.95. The zero-order chi connectivity index (χ0) is 13.8. The number of nitrogens with one attached hydrogen (secondary N) is 1. The number of rotatable bonds is 5. The van der Waals surface area contributed by atoms with Gasteiger partial charge in [0, 0.05) is 12.1 Å². The molecule has 5 nitrogen and oxygen atoms in total. The van der Waals surface area contributed by atoms with Crippen molar-refractivity contribution in [2.24, 2.45) is 0 Å². The van der Waals surface area contributed by atoms with Crippen LogP contribution in [0.5, 0.6) is 0 Å². The summed E-state index contributed by atoms with van der Waals surface area (Å²) in [4.78, 5) is 22.0. The fraction of sp³-hybridized carbons (Fsp3) is 0.333. The molecule has 1 aromatic carbocycles. The van der Waals surface area contributed by atoms with Crippen LogP contribution in [0.4, 0.5) is 4.39 Å². The van der Waals surface area contributed by atoms with Crippen molar-refractivity contribution in [3.63, 3.8) is 0 Å². The van der Waals surface area contributed by atoms with E-state index in [-0.39, 0.29) is 12.1 Å². The third kappa shape index (κ3) is 4.50. The first-order chi connectivity index (χ1) is 8.30. The van der Waals surface area contributed by atoms with Crippen LogP contribution in [0.15, 0.2) is 24.3 Å². The van der Waals surface area contributed by atoms with Crippen LogP contribution in [0.25, 0.3) is 0 Å². The van der Waals surface area contributed by atoms with Gasteiger partial charge >= 0.3 is 5.97 Å². The lowest BCUT2D eigenvalue weighted by Gasteiger charge is -2.21. The van der Waals surface area contributed by atoms with E-state index in [4.69, 9.17) is 5.11 Å². The van der Waals surface area contributed by atoms with Crippen molar-refractivity contribution in [3.8, 4) is 0 Å². The molecule has 0 aromatic heterocycles. The number of carbonyl (C=O) groups excluding carboxylic acids is 1. The first kappa shape index (κ1) is 14.1. The van der Waals surface area contributed by atoms with E-state index in [9.17, 15) is 19.1 Å². The average molecular weight is 255 g/mol. The summed E-state index contributed by atoms with van der Waals surface area (Å²) in [6.45, 7) is 1.11. The van der Waals surface area contributed by atoms with Crippen molar-refractivity contribution in [1.82, 2.24) is 5.32 Å². The molecule has 1 atom stereocenters. The van der Waals surface area contributed by atoms with Crippen LogP contribution < -0.4 is 5.32 Å². The van der Waals surface area contributed by atoms with Gasteiger partial charge in [-0.05, 0) is 31.2 Å². The van der Waals surface area contributed by atoms with Gasteiger partial charge in [-0.15, -0.1) is 0 Å². The minimum Gasteiger partial charge on any atom is -0.481 e. The Labute approximate surface area is 103 Å². The lowest BCUT2D eigenvalue weighted by molar-refractivity contribution is -0.141. The number of carboxylic acid groups (broad SMARTS) is 1. The van der Waals surface area contributed by atoms with E-state index >= 15 is 0 Å². The molecule has 0 heterocycles. The number of aliphatic carboxylic acids is 1. The lowest BCUT2D eigenvalue weighted by atomic mass is 10.0. The van der Waals surface area contributed by atoms with Gasteiger partial charge in [0.15, 0.2) is 0 Å². The molecule has 0 aliphatic rings. The molecular weight excluding hydrogens is 241 g/mol. The summed E-state index contributed by atoms with van der Waals surface area (Å²) in [5, 5.41) is 20.6. The van der Waals surface area contributed by atoms with Gasteiger partial charge in [-0.3, -0.25) is 9.59 Å². The van der Waals surface area contributed by atoms with E-state index in [0.717, 1.165) is 12.1 Å². The minimum absolute atomic E-state index is 0.199. The van der Waals surface area contributed by atoms with E-state index in [1.165, 1.54) is 19.1 Å². The molecular formula is C12H14FNO4. The Kier molecular flexibility index (Phi) is 4.38. The van der Waals surface area contributed by atoms with Crippen molar-refractivity contribution in [2.75, 3.05) is 6.54 Å². The zero-order valence-corrected chi connectivity index (χ0v) is 9.81. The van der Waals surface area contributed by atoms with Crippen molar-refractivity contribution >= 4 is 11.9 Å². The molecule has 1 amide bonds. The van der Waals surface area contributed by atoms with Crippen molar-refractivity contribution < 1.29 is 24.2 Å². The number of carbonyl (C=O) groups is 2. The molecule has 0 spiro atoms. The smallest absolute Gasteiger partial charge is 0.306 e. The molecule has 0 fully saturated rings. The fourth-order valence-corrected chi connectivity index (χ4v) is 1.36. The topological polar surface area (TPSA) is 86.6 Å². The molecule has 0 aliphatic heterocycles. The highest BCUT2D eigenvalue weighted by molar-refractivity contribution is 5.94. The van der Waals surface area contributed by atoms with Crippen molar-refractivity contribution in [3.05, 3.63) is 35.6 Å². The zero-order valence-electron chi connectivity index (χ0n) is 9.81. The van der Waals surface area contributed by atoms with E-state index < -0.39 is 29.7 Å². The van der Waals surface area contributed by atoms with Crippen LogP contribution in [0, 0.1) is 5.82 Å². The number of amides is 1. The molecule has 0 radical (unpaired) electrons. The third-order valence-corrected chi connectivity index (χ3v) is 2.27. The average Bonchev–Trinajstić information content (AvgIpc) is 2.25. The van der Waals surface area contributed by atoms with Crippen LogP contribution >= 0.6 is 0 Å². The summed E-state index contributed by atoms with van der Waals surface area (Å²) in [7, 11) is 0. The monoisotopic (exact) mass is 255 g/mol. The number of benzene rings is 1. The minimum atomic E-state index is -1.53. The Morgan fingerprint density at radius 1 is 1.33 bits per heavy atom. The van der Waals surface area contributed by atoms with Gasteiger partial charge in [-0.1, -0.05) is 0 Å². The predicted molar refractivity (Wildman–Crippen MR) is 61.6 cm³/mol. The molecule has 0 saturated carbocycles. The van der Waals surface area contributed by atoms with Crippen LogP contribution in [0.2, 0.25) is 0 Å². The van der Waals surface area contributed by atoms with Gasteiger partial charge in [0.1, 0.15) is 5.82 Å². The molecule has 3 N–H and O–H groups in total. The standard InChI is InChI=1S/C12H14FNO4/c1-12(18,6-10(15)16)7-14-11(17)8-2-4-9(13)5-3-8/h2-5,18H,6-7H2,1H3,(H,14,17)(H,15,16).